The van der Waals surface area contributed by atoms with Crippen LogP contribution >= 0.6 is 11.6 Å². The molecule has 1 fully saturated rings. The van der Waals surface area contributed by atoms with Gasteiger partial charge in [-0.1, -0.05) is 11.6 Å². The lowest BCUT2D eigenvalue weighted by atomic mass is 10.2. The number of nitrogens with one attached hydrogen (secondary N) is 2. The first-order chi connectivity index (χ1) is 10.6. The van der Waals surface area contributed by atoms with E-state index in [1.54, 1.807) is 37.3 Å². The van der Waals surface area contributed by atoms with Gasteiger partial charge in [0.1, 0.15) is 5.75 Å². The Kier molecular flexibility index (Phi) is 4.31. The standard InChI is InChI=1S/C15H17ClN4O2/c1-10(22-13-4-2-11(16)3-5-13)15(21)18-14-6-7-20(19-14)12-8-17-9-12/h2-7,10,12,17H,8-9H2,1H3,(H,18,19,21). The molecule has 0 saturated carbocycles. The number of carbonyl (C=O) groups is 1. The Balaban J connectivity index is 1.56. The molecule has 0 radical (unpaired) electrons. The van der Waals surface area contributed by atoms with Gasteiger partial charge < -0.3 is 15.4 Å². The summed E-state index contributed by atoms with van der Waals surface area (Å²) in [6, 6.07) is 9.04. The number of halogens is 1. The zero-order chi connectivity index (χ0) is 15.5. The van der Waals surface area contributed by atoms with E-state index in [1.807, 2.05) is 10.9 Å². The Hall–Kier alpha value is -2.05. The molecule has 0 spiro atoms. The maximum Gasteiger partial charge on any atom is 0.266 e. The Morgan fingerprint density at radius 2 is 2.14 bits per heavy atom. The number of hydrogen-bond acceptors (Lipinski definition) is 4. The third-order valence-corrected chi connectivity index (χ3v) is 3.74. The quantitative estimate of drug-likeness (QED) is 0.885. The first-order valence-corrected chi connectivity index (χ1v) is 7.48. The van der Waals surface area contributed by atoms with Crippen molar-refractivity contribution in [1.82, 2.24) is 15.1 Å². The number of aromatic nitrogens is 2. The van der Waals surface area contributed by atoms with Crippen LogP contribution in [-0.2, 0) is 4.79 Å². The van der Waals surface area contributed by atoms with Crippen LogP contribution in [0.1, 0.15) is 13.0 Å². The van der Waals surface area contributed by atoms with Crippen LogP contribution in [0.4, 0.5) is 5.82 Å². The predicted octanol–water partition coefficient (Wildman–Crippen LogP) is 2.09. The third-order valence-electron chi connectivity index (χ3n) is 3.49. The minimum absolute atomic E-state index is 0.244. The number of nitrogens with zero attached hydrogens (tertiary/aromatic N) is 2. The third kappa shape index (κ3) is 3.40. The molecule has 2 aromatic rings. The van der Waals surface area contributed by atoms with E-state index < -0.39 is 6.10 Å². The molecule has 6 nitrogen and oxygen atoms in total. The monoisotopic (exact) mass is 320 g/mol. The normalized spacial score (nSPS) is 15.9. The van der Waals surface area contributed by atoms with Crippen molar-refractivity contribution in [3.05, 3.63) is 41.6 Å². The molecule has 1 amide bonds. The number of carbonyl (C=O) groups excluding carboxylic acids is 1. The van der Waals surface area contributed by atoms with E-state index in [-0.39, 0.29) is 5.91 Å². The van der Waals surface area contributed by atoms with E-state index in [1.165, 1.54) is 0 Å². The van der Waals surface area contributed by atoms with E-state index in [9.17, 15) is 4.79 Å². The zero-order valence-electron chi connectivity index (χ0n) is 12.1. The van der Waals surface area contributed by atoms with Crippen molar-refractivity contribution in [3.63, 3.8) is 0 Å². The second-order valence-electron chi connectivity index (χ2n) is 5.20. The fraction of sp³-hybridized carbons (Fsp3) is 0.333. The Morgan fingerprint density at radius 1 is 1.41 bits per heavy atom. The van der Waals surface area contributed by atoms with Gasteiger partial charge in [0.05, 0.1) is 6.04 Å². The molecule has 1 aromatic carbocycles. The highest BCUT2D eigenvalue weighted by atomic mass is 35.5. The van der Waals surface area contributed by atoms with Gasteiger partial charge in [0.25, 0.3) is 5.91 Å². The van der Waals surface area contributed by atoms with Crippen molar-refractivity contribution in [3.8, 4) is 5.75 Å². The highest BCUT2D eigenvalue weighted by molar-refractivity contribution is 6.30. The van der Waals surface area contributed by atoms with E-state index in [2.05, 4.69) is 15.7 Å². The molecule has 116 valence electrons. The van der Waals surface area contributed by atoms with E-state index >= 15 is 0 Å². The van der Waals surface area contributed by atoms with E-state index in [0.717, 1.165) is 13.1 Å². The molecular formula is C15H17ClN4O2. The second-order valence-corrected chi connectivity index (χ2v) is 5.63. The maximum absolute atomic E-state index is 12.1. The molecule has 1 aromatic heterocycles. The molecule has 7 heteroatoms. The largest absolute Gasteiger partial charge is 0.481 e. The average molecular weight is 321 g/mol. The predicted molar refractivity (Wildman–Crippen MR) is 84.3 cm³/mol. The number of amides is 1. The molecule has 2 N–H and O–H groups in total. The number of ether oxygens (including phenoxy) is 1. The van der Waals surface area contributed by atoms with Crippen LogP contribution in [-0.4, -0.2) is 34.9 Å². The van der Waals surface area contributed by atoms with Gasteiger partial charge in [-0.3, -0.25) is 9.48 Å². The van der Waals surface area contributed by atoms with Crippen molar-refractivity contribution >= 4 is 23.3 Å². The van der Waals surface area contributed by atoms with Crippen LogP contribution in [0.2, 0.25) is 5.02 Å². The summed E-state index contributed by atoms with van der Waals surface area (Å²) in [6.07, 6.45) is 1.24. The lowest BCUT2D eigenvalue weighted by Crippen LogP contribution is -2.43. The lowest BCUT2D eigenvalue weighted by Gasteiger charge is -2.27. The van der Waals surface area contributed by atoms with Gasteiger partial charge in [-0.15, -0.1) is 0 Å². The maximum atomic E-state index is 12.1. The van der Waals surface area contributed by atoms with Crippen molar-refractivity contribution in [2.75, 3.05) is 18.4 Å². The van der Waals surface area contributed by atoms with Crippen molar-refractivity contribution in [1.29, 1.82) is 0 Å². The summed E-state index contributed by atoms with van der Waals surface area (Å²) in [6.45, 7) is 3.51. The van der Waals surface area contributed by atoms with Gasteiger partial charge in [0.2, 0.25) is 0 Å². The topological polar surface area (TPSA) is 68.2 Å². The molecule has 1 aliphatic rings. The number of benzene rings is 1. The van der Waals surface area contributed by atoms with Crippen LogP contribution in [0.15, 0.2) is 36.5 Å². The number of rotatable bonds is 5. The highest BCUT2D eigenvalue weighted by Gasteiger charge is 2.20. The van der Waals surface area contributed by atoms with Crippen molar-refractivity contribution in [2.24, 2.45) is 0 Å². The molecule has 2 heterocycles. The average Bonchev–Trinajstić information content (AvgIpc) is 2.87. The lowest BCUT2D eigenvalue weighted by molar-refractivity contribution is -0.122. The highest BCUT2D eigenvalue weighted by Crippen LogP contribution is 2.17. The summed E-state index contributed by atoms with van der Waals surface area (Å²) >= 11 is 5.81. The van der Waals surface area contributed by atoms with Crippen LogP contribution in [0.5, 0.6) is 5.75 Å². The summed E-state index contributed by atoms with van der Waals surface area (Å²) in [5.74, 6) is 0.883. The first kappa shape index (κ1) is 14.9. The Bertz CT molecular complexity index is 652. The first-order valence-electron chi connectivity index (χ1n) is 7.11. The van der Waals surface area contributed by atoms with Crippen LogP contribution < -0.4 is 15.4 Å². The minimum Gasteiger partial charge on any atom is -0.481 e. The number of anilines is 1. The Morgan fingerprint density at radius 3 is 2.77 bits per heavy atom. The van der Waals surface area contributed by atoms with Crippen molar-refractivity contribution < 1.29 is 9.53 Å². The summed E-state index contributed by atoms with van der Waals surface area (Å²) in [5, 5.41) is 10.9. The van der Waals surface area contributed by atoms with Gasteiger partial charge >= 0.3 is 0 Å². The summed E-state index contributed by atoms with van der Waals surface area (Å²) in [7, 11) is 0. The second kappa shape index (κ2) is 6.37. The summed E-state index contributed by atoms with van der Waals surface area (Å²) in [4.78, 5) is 12.1. The van der Waals surface area contributed by atoms with Crippen LogP contribution in [0.3, 0.4) is 0 Å². The van der Waals surface area contributed by atoms with Crippen molar-refractivity contribution in [2.45, 2.75) is 19.1 Å². The van der Waals surface area contributed by atoms with Gasteiger partial charge in [0.15, 0.2) is 11.9 Å². The molecule has 0 bridgehead atoms. The van der Waals surface area contributed by atoms with Gasteiger partial charge in [-0.05, 0) is 31.2 Å². The van der Waals surface area contributed by atoms with Gasteiger partial charge in [-0.2, -0.15) is 5.10 Å². The fourth-order valence-corrected chi connectivity index (χ4v) is 2.19. The van der Waals surface area contributed by atoms with Crippen LogP contribution in [0, 0.1) is 0 Å². The van der Waals surface area contributed by atoms with Crippen LogP contribution in [0.25, 0.3) is 0 Å². The van der Waals surface area contributed by atoms with Gasteiger partial charge in [-0.25, -0.2) is 0 Å². The number of hydrogen-bond donors (Lipinski definition) is 2. The van der Waals surface area contributed by atoms with E-state index in [0.29, 0.717) is 22.6 Å². The fourth-order valence-electron chi connectivity index (χ4n) is 2.07. The molecule has 1 saturated heterocycles. The minimum atomic E-state index is -0.628. The molecular weight excluding hydrogens is 304 g/mol. The SMILES string of the molecule is CC(Oc1ccc(Cl)cc1)C(=O)Nc1ccn(C2CNC2)n1. The molecule has 22 heavy (non-hydrogen) atoms. The zero-order valence-corrected chi connectivity index (χ0v) is 12.9. The summed E-state index contributed by atoms with van der Waals surface area (Å²) in [5.41, 5.74) is 0. The van der Waals surface area contributed by atoms with Gasteiger partial charge in [0, 0.05) is 30.4 Å². The summed E-state index contributed by atoms with van der Waals surface area (Å²) < 4.78 is 7.43. The Labute approximate surface area is 133 Å². The molecule has 3 rings (SSSR count). The molecule has 1 unspecified atom stereocenters. The smallest absolute Gasteiger partial charge is 0.266 e. The molecule has 1 atom stereocenters. The molecule has 0 aliphatic carbocycles. The van der Waals surface area contributed by atoms with E-state index in [4.69, 9.17) is 16.3 Å². The molecule has 1 aliphatic heterocycles.